The van der Waals surface area contributed by atoms with Crippen LogP contribution in [0.25, 0.3) is 0 Å². The van der Waals surface area contributed by atoms with Crippen molar-refractivity contribution in [1.29, 1.82) is 0 Å². The van der Waals surface area contributed by atoms with Crippen LogP contribution in [0, 0.1) is 0 Å². The van der Waals surface area contributed by atoms with Gasteiger partial charge in [0.25, 0.3) is 0 Å². The zero-order valence-electron chi connectivity index (χ0n) is 15.2. The van der Waals surface area contributed by atoms with Gasteiger partial charge in [-0.3, -0.25) is 4.79 Å². The Hall–Kier alpha value is -2.09. The van der Waals surface area contributed by atoms with E-state index in [-0.39, 0.29) is 5.91 Å². The molecule has 138 valence electrons. The van der Waals surface area contributed by atoms with Crippen LogP contribution in [0.3, 0.4) is 0 Å². The number of methoxy groups -OCH3 is 3. The van der Waals surface area contributed by atoms with Gasteiger partial charge >= 0.3 is 5.97 Å². The van der Waals surface area contributed by atoms with Crippen molar-refractivity contribution in [2.24, 2.45) is 0 Å². The monoisotopic (exact) mass is 369 g/mol. The number of ether oxygens (including phenoxy) is 3. The fraction of sp³-hybridized carbons (Fsp3) is 0.529. The Bertz CT molecular complexity index is 665. The van der Waals surface area contributed by atoms with E-state index in [0.717, 1.165) is 0 Å². The largest absolute Gasteiger partial charge is 0.493 e. The topological polar surface area (TPSA) is 85.3 Å². The zero-order chi connectivity index (χ0) is 18.9. The molecule has 1 N–H and O–H groups in total. The maximum atomic E-state index is 12.2. The summed E-state index contributed by atoms with van der Waals surface area (Å²) < 4.78 is 15.4. The first kappa shape index (κ1) is 19.2. The number of hydrogen-bond donors (Lipinski definition) is 1. The first-order valence-electron chi connectivity index (χ1n) is 7.67. The number of aliphatic carboxylic acids is 1. The maximum absolute atomic E-state index is 12.2. The molecule has 7 nitrogen and oxygen atoms in total. The summed E-state index contributed by atoms with van der Waals surface area (Å²) in [5.74, 6) is 0.0297. The molecule has 0 spiro atoms. The van der Waals surface area contributed by atoms with Crippen molar-refractivity contribution in [3.63, 3.8) is 0 Å². The molecule has 1 aliphatic heterocycles. The number of nitrogens with zero attached hydrogens (tertiary/aromatic N) is 1. The summed E-state index contributed by atoms with van der Waals surface area (Å²) in [7, 11) is 4.53. The molecule has 0 radical (unpaired) electrons. The second-order valence-electron chi connectivity index (χ2n) is 6.20. The van der Waals surface area contributed by atoms with Crippen molar-refractivity contribution < 1.29 is 28.9 Å². The van der Waals surface area contributed by atoms with Gasteiger partial charge in [0.2, 0.25) is 11.7 Å². The minimum absolute atomic E-state index is 0.302. The van der Waals surface area contributed by atoms with E-state index in [1.165, 1.54) is 44.9 Å². The fourth-order valence-electron chi connectivity index (χ4n) is 3.12. The molecule has 1 heterocycles. The smallest absolute Gasteiger partial charge is 0.327 e. The van der Waals surface area contributed by atoms with E-state index in [9.17, 15) is 14.7 Å². The number of carbonyl (C=O) groups excluding carboxylic acids is 1. The number of hydrogen-bond acceptors (Lipinski definition) is 6. The molecule has 0 saturated carbocycles. The van der Waals surface area contributed by atoms with Gasteiger partial charge in [-0.2, -0.15) is 0 Å². The van der Waals surface area contributed by atoms with Crippen LogP contribution in [0.2, 0.25) is 0 Å². The number of amides is 1. The highest BCUT2D eigenvalue weighted by Gasteiger charge is 2.53. The minimum atomic E-state index is -1.03. The summed E-state index contributed by atoms with van der Waals surface area (Å²) >= 11 is 1.42. The van der Waals surface area contributed by atoms with Crippen LogP contribution < -0.4 is 14.2 Å². The van der Waals surface area contributed by atoms with Crippen LogP contribution in [-0.4, -0.2) is 54.0 Å². The van der Waals surface area contributed by atoms with Crippen molar-refractivity contribution in [2.45, 2.75) is 36.9 Å². The molecule has 1 aromatic carbocycles. The third-order valence-electron chi connectivity index (χ3n) is 4.17. The van der Waals surface area contributed by atoms with E-state index in [0.29, 0.717) is 22.8 Å². The van der Waals surface area contributed by atoms with Crippen molar-refractivity contribution in [3.8, 4) is 17.2 Å². The van der Waals surface area contributed by atoms with Gasteiger partial charge in [-0.15, -0.1) is 11.8 Å². The third-order valence-corrected chi connectivity index (χ3v) is 5.73. The summed E-state index contributed by atoms with van der Waals surface area (Å²) in [6.07, 6.45) is 0. The van der Waals surface area contributed by atoms with Crippen LogP contribution in [0.15, 0.2) is 12.1 Å². The number of carboxylic acids is 1. The van der Waals surface area contributed by atoms with Crippen molar-refractivity contribution in [1.82, 2.24) is 4.90 Å². The van der Waals surface area contributed by atoms with Gasteiger partial charge in [0, 0.05) is 11.7 Å². The summed E-state index contributed by atoms with van der Waals surface area (Å²) in [5, 5.41) is 9.17. The molecule has 25 heavy (non-hydrogen) atoms. The number of carbonyl (C=O) groups is 2. The first-order chi connectivity index (χ1) is 11.7. The molecule has 2 rings (SSSR count). The van der Waals surface area contributed by atoms with Crippen molar-refractivity contribution in [3.05, 3.63) is 17.7 Å². The number of benzene rings is 1. The molecule has 0 aliphatic carbocycles. The number of rotatable bonds is 5. The van der Waals surface area contributed by atoms with Gasteiger partial charge in [0.05, 0.1) is 21.3 Å². The Morgan fingerprint density at radius 3 is 2.00 bits per heavy atom. The molecule has 1 fully saturated rings. The van der Waals surface area contributed by atoms with E-state index in [2.05, 4.69) is 0 Å². The number of thioether (sulfide) groups is 1. The van der Waals surface area contributed by atoms with E-state index in [4.69, 9.17) is 14.2 Å². The van der Waals surface area contributed by atoms with Crippen molar-refractivity contribution in [2.75, 3.05) is 21.3 Å². The van der Waals surface area contributed by atoms with Gasteiger partial charge in [-0.25, -0.2) is 4.79 Å². The lowest BCUT2D eigenvalue weighted by molar-refractivity contribution is -0.150. The van der Waals surface area contributed by atoms with Gasteiger partial charge in [-0.05, 0) is 31.5 Å². The summed E-state index contributed by atoms with van der Waals surface area (Å²) in [6, 6.07) is 2.56. The summed E-state index contributed by atoms with van der Waals surface area (Å²) in [6.45, 7) is 5.03. The lowest BCUT2D eigenvalue weighted by Crippen LogP contribution is -2.48. The Morgan fingerprint density at radius 1 is 1.12 bits per heavy atom. The molecular formula is C17H23NO6S. The molecule has 1 aromatic rings. The molecule has 1 saturated heterocycles. The lowest BCUT2D eigenvalue weighted by Gasteiger charge is -2.29. The fourth-order valence-corrected chi connectivity index (χ4v) is 4.69. The second-order valence-corrected chi connectivity index (χ2v) is 7.93. The molecular weight excluding hydrogens is 346 g/mol. The quantitative estimate of drug-likeness (QED) is 0.853. The van der Waals surface area contributed by atoms with Gasteiger partial charge in [0.15, 0.2) is 11.5 Å². The molecule has 8 heteroatoms. The van der Waals surface area contributed by atoms with Crippen LogP contribution in [-0.2, 0) is 9.59 Å². The molecule has 2 atom stereocenters. The number of carboxylic acid groups (broad SMARTS) is 1. The van der Waals surface area contributed by atoms with Crippen LogP contribution in [0.1, 0.15) is 31.7 Å². The molecule has 0 unspecified atom stereocenters. The highest BCUT2D eigenvalue weighted by atomic mass is 32.2. The Kier molecular flexibility index (Phi) is 5.41. The average Bonchev–Trinajstić information content (AvgIpc) is 2.84. The van der Waals surface area contributed by atoms with Gasteiger partial charge in [-0.1, -0.05) is 0 Å². The van der Waals surface area contributed by atoms with Crippen LogP contribution >= 0.6 is 11.8 Å². The van der Waals surface area contributed by atoms with E-state index >= 15 is 0 Å². The SMILES string of the molecule is COc1cc([C@@H]2SC(C)(C)[C@H](C(=O)O)N2C(C)=O)cc(OC)c1OC. The lowest BCUT2D eigenvalue weighted by atomic mass is 10.0. The van der Waals surface area contributed by atoms with Crippen LogP contribution in [0.5, 0.6) is 17.2 Å². The third kappa shape index (κ3) is 3.35. The maximum Gasteiger partial charge on any atom is 0.327 e. The molecule has 0 aromatic heterocycles. The summed E-state index contributed by atoms with van der Waals surface area (Å²) in [5.41, 5.74) is 0.714. The highest BCUT2D eigenvalue weighted by molar-refractivity contribution is 8.01. The minimum Gasteiger partial charge on any atom is -0.493 e. The highest BCUT2D eigenvalue weighted by Crippen LogP contribution is 2.54. The Labute approximate surface area is 151 Å². The second kappa shape index (κ2) is 7.03. The average molecular weight is 369 g/mol. The standard InChI is InChI=1S/C17H23NO6S/c1-9(19)18-14(16(20)21)17(2,3)25-15(18)10-7-11(22-4)13(24-6)12(8-10)23-5/h7-8,14-15H,1-6H3,(H,20,21)/t14-,15-/m0/s1. The van der Waals surface area contributed by atoms with Crippen LogP contribution in [0.4, 0.5) is 0 Å². The Morgan fingerprint density at radius 2 is 1.64 bits per heavy atom. The van der Waals surface area contributed by atoms with E-state index < -0.39 is 22.1 Å². The van der Waals surface area contributed by atoms with E-state index in [1.54, 1.807) is 12.1 Å². The first-order valence-corrected chi connectivity index (χ1v) is 8.55. The van der Waals surface area contributed by atoms with Gasteiger partial charge in [0.1, 0.15) is 11.4 Å². The van der Waals surface area contributed by atoms with Crippen molar-refractivity contribution >= 4 is 23.6 Å². The zero-order valence-corrected chi connectivity index (χ0v) is 16.0. The Balaban J connectivity index is 2.60. The summed E-state index contributed by atoms with van der Waals surface area (Å²) in [4.78, 5) is 25.4. The predicted molar refractivity (Wildman–Crippen MR) is 94.5 cm³/mol. The normalized spacial score (nSPS) is 21.8. The van der Waals surface area contributed by atoms with Gasteiger partial charge < -0.3 is 24.2 Å². The predicted octanol–water partition coefficient (Wildman–Crippen LogP) is 2.54. The van der Waals surface area contributed by atoms with E-state index in [1.807, 2.05) is 13.8 Å². The molecule has 1 aliphatic rings. The molecule has 0 bridgehead atoms. The molecule has 1 amide bonds.